The largest absolute Gasteiger partial charge is 0.349 e. The minimum absolute atomic E-state index is 0.120. The predicted molar refractivity (Wildman–Crippen MR) is 45.3 cm³/mol. The van der Waals surface area contributed by atoms with E-state index in [0.717, 1.165) is 25.2 Å². The van der Waals surface area contributed by atoms with E-state index in [2.05, 4.69) is 10.3 Å². The third kappa shape index (κ3) is 1.05. The van der Waals surface area contributed by atoms with Crippen LogP contribution in [0.5, 0.6) is 0 Å². The molecule has 1 fully saturated rings. The molecule has 0 aromatic carbocycles. The van der Waals surface area contributed by atoms with Gasteiger partial charge >= 0.3 is 0 Å². The fourth-order valence-corrected chi connectivity index (χ4v) is 1.48. The van der Waals surface area contributed by atoms with Crippen LogP contribution in [0.15, 0.2) is 17.3 Å². The minimum Gasteiger partial charge on any atom is -0.349 e. The van der Waals surface area contributed by atoms with E-state index in [1.165, 1.54) is 6.42 Å². The zero-order valence-corrected chi connectivity index (χ0v) is 6.51. The maximum absolute atomic E-state index is 6.05. The van der Waals surface area contributed by atoms with Crippen LogP contribution < -0.4 is 11.1 Å². The monoisotopic (exact) mass is 151 g/mol. The summed E-state index contributed by atoms with van der Waals surface area (Å²) in [5.74, 6) is 0.978. The number of aliphatic imine (C=N–C) groups is 1. The molecule has 3 N–H and O–H groups in total. The molecule has 1 saturated carbocycles. The molecule has 11 heavy (non-hydrogen) atoms. The smallest absolute Gasteiger partial charge is 0.121 e. The third-order valence-corrected chi connectivity index (χ3v) is 2.41. The average molecular weight is 151 g/mol. The van der Waals surface area contributed by atoms with Gasteiger partial charge in [0.15, 0.2) is 0 Å². The first-order chi connectivity index (χ1) is 5.31. The molecule has 0 unspecified atom stereocenters. The Morgan fingerprint density at radius 2 is 2.36 bits per heavy atom. The van der Waals surface area contributed by atoms with E-state index in [0.29, 0.717) is 0 Å². The number of nitrogens with zero attached hydrogens (tertiary/aromatic N) is 1. The zero-order chi connectivity index (χ0) is 7.73. The van der Waals surface area contributed by atoms with Gasteiger partial charge in [0, 0.05) is 6.20 Å². The van der Waals surface area contributed by atoms with Gasteiger partial charge in [-0.25, -0.2) is 0 Å². The van der Waals surface area contributed by atoms with Crippen LogP contribution >= 0.6 is 0 Å². The Balaban J connectivity index is 2.09. The highest BCUT2D eigenvalue weighted by Gasteiger charge is 2.37. The summed E-state index contributed by atoms with van der Waals surface area (Å²) in [6, 6.07) is 0. The van der Waals surface area contributed by atoms with Gasteiger partial charge in [-0.3, -0.25) is 4.99 Å². The van der Waals surface area contributed by atoms with E-state index in [1.807, 2.05) is 12.3 Å². The van der Waals surface area contributed by atoms with Crippen LogP contribution in [0, 0.1) is 0 Å². The highest BCUT2D eigenvalue weighted by atomic mass is 15.1. The van der Waals surface area contributed by atoms with Crippen molar-refractivity contribution >= 4 is 5.84 Å². The first-order valence-corrected chi connectivity index (χ1v) is 4.07. The fraction of sp³-hybridized carbons (Fsp3) is 0.625. The van der Waals surface area contributed by atoms with Crippen LogP contribution in [-0.2, 0) is 0 Å². The van der Waals surface area contributed by atoms with Crippen molar-refractivity contribution in [3.05, 3.63) is 12.3 Å². The lowest BCUT2D eigenvalue weighted by atomic mass is 9.76. The van der Waals surface area contributed by atoms with Crippen LogP contribution in [0.3, 0.4) is 0 Å². The van der Waals surface area contributed by atoms with Crippen molar-refractivity contribution in [1.82, 2.24) is 5.32 Å². The van der Waals surface area contributed by atoms with Gasteiger partial charge in [0.05, 0.1) is 12.1 Å². The summed E-state index contributed by atoms with van der Waals surface area (Å²) >= 11 is 0. The molecule has 0 saturated heterocycles. The number of nitrogens with two attached hydrogens (primary N) is 1. The molecule has 0 radical (unpaired) electrons. The molecule has 2 aliphatic rings. The molecule has 60 valence electrons. The molecule has 0 atom stereocenters. The Bertz CT molecular complexity index is 213. The van der Waals surface area contributed by atoms with Gasteiger partial charge in [0.2, 0.25) is 0 Å². The van der Waals surface area contributed by atoms with E-state index in [4.69, 9.17) is 5.73 Å². The molecular formula is C8H13N3. The van der Waals surface area contributed by atoms with E-state index in [1.54, 1.807) is 0 Å². The molecule has 2 rings (SSSR count). The summed E-state index contributed by atoms with van der Waals surface area (Å²) in [5.41, 5.74) is 5.93. The van der Waals surface area contributed by atoms with Crippen LogP contribution in [0.2, 0.25) is 0 Å². The van der Waals surface area contributed by atoms with Crippen LogP contribution in [0.1, 0.15) is 19.3 Å². The van der Waals surface area contributed by atoms with E-state index in [9.17, 15) is 0 Å². The van der Waals surface area contributed by atoms with Crippen LogP contribution in [0.25, 0.3) is 0 Å². The average Bonchev–Trinajstić information content (AvgIpc) is 2.02. The lowest BCUT2D eigenvalue weighted by molar-refractivity contribution is 0.336. The molecule has 1 aliphatic heterocycles. The van der Waals surface area contributed by atoms with Gasteiger partial charge in [0.25, 0.3) is 0 Å². The maximum atomic E-state index is 6.05. The number of nitrogens with one attached hydrogen (secondary N) is 1. The Hall–Kier alpha value is -0.830. The zero-order valence-electron chi connectivity index (χ0n) is 6.51. The molecule has 0 bridgehead atoms. The van der Waals surface area contributed by atoms with Crippen molar-refractivity contribution < 1.29 is 0 Å². The summed E-state index contributed by atoms with van der Waals surface area (Å²) in [6.07, 6.45) is 7.31. The number of hydrogen-bond acceptors (Lipinski definition) is 3. The van der Waals surface area contributed by atoms with Gasteiger partial charge in [0.1, 0.15) is 5.84 Å². The molecule has 3 heteroatoms. The molecule has 1 aliphatic carbocycles. The van der Waals surface area contributed by atoms with Gasteiger partial charge in [-0.05, 0) is 25.3 Å². The summed E-state index contributed by atoms with van der Waals surface area (Å²) in [4.78, 5) is 4.32. The van der Waals surface area contributed by atoms with E-state index < -0.39 is 0 Å². The van der Waals surface area contributed by atoms with Crippen LogP contribution in [-0.4, -0.2) is 17.9 Å². The van der Waals surface area contributed by atoms with Crippen molar-refractivity contribution in [3.63, 3.8) is 0 Å². The summed E-state index contributed by atoms with van der Waals surface area (Å²) in [6.45, 7) is 0.779. The lowest BCUT2D eigenvalue weighted by Gasteiger charge is -2.39. The summed E-state index contributed by atoms with van der Waals surface area (Å²) in [7, 11) is 0. The molecule has 0 amide bonds. The SMILES string of the molecule is NC1(C2=NCC=CN2)CCC1. The fourth-order valence-electron chi connectivity index (χ4n) is 1.48. The molecule has 0 aromatic rings. The van der Waals surface area contributed by atoms with E-state index >= 15 is 0 Å². The predicted octanol–water partition coefficient (Wildman–Crippen LogP) is 0.383. The third-order valence-electron chi connectivity index (χ3n) is 2.41. The van der Waals surface area contributed by atoms with Crippen molar-refractivity contribution in [2.24, 2.45) is 10.7 Å². The summed E-state index contributed by atoms with van der Waals surface area (Å²) < 4.78 is 0. The first kappa shape index (κ1) is 6.85. The summed E-state index contributed by atoms with van der Waals surface area (Å²) in [5, 5.41) is 3.11. The molecular weight excluding hydrogens is 138 g/mol. The lowest BCUT2D eigenvalue weighted by Crippen LogP contribution is -2.58. The topological polar surface area (TPSA) is 50.4 Å². The molecule has 3 nitrogen and oxygen atoms in total. The second kappa shape index (κ2) is 2.34. The first-order valence-electron chi connectivity index (χ1n) is 4.07. The highest BCUT2D eigenvalue weighted by molar-refractivity contribution is 5.93. The normalized spacial score (nSPS) is 26.8. The van der Waals surface area contributed by atoms with Crippen molar-refractivity contribution in [3.8, 4) is 0 Å². The number of amidine groups is 1. The van der Waals surface area contributed by atoms with Gasteiger partial charge < -0.3 is 11.1 Å². The quantitative estimate of drug-likeness (QED) is 0.569. The minimum atomic E-state index is -0.120. The number of hydrogen-bond donors (Lipinski definition) is 2. The number of rotatable bonds is 1. The highest BCUT2D eigenvalue weighted by Crippen LogP contribution is 2.30. The van der Waals surface area contributed by atoms with Crippen molar-refractivity contribution in [2.75, 3.05) is 6.54 Å². The maximum Gasteiger partial charge on any atom is 0.121 e. The molecule has 0 spiro atoms. The Morgan fingerprint density at radius 1 is 1.55 bits per heavy atom. The standard InChI is InChI=1S/C8H13N3/c9-8(3-1-4-8)7-10-5-2-6-11-7/h2,5H,1,3-4,6,9H2,(H,10,11). The van der Waals surface area contributed by atoms with Gasteiger partial charge in [-0.15, -0.1) is 0 Å². The van der Waals surface area contributed by atoms with Crippen molar-refractivity contribution in [1.29, 1.82) is 0 Å². The van der Waals surface area contributed by atoms with Gasteiger partial charge in [-0.1, -0.05) is 0 Å². The molecule has 1 heterocycles. The Kier molecular flexibility index (Phi) is 1.46. The second-order valence-corrected chi connectivity index (χ2v) is 3.25. The second-order valence-electron chi connectivity index (χ2n) is 3.25. The Morgan fingerprint density at radius 3 is 2.82 bits per heavy atom. The van der Waals surface area contributed by atoms with Gasteiger partial charge in [-0.2, -0.15) is 0 Å². The Labute approximate surface area is 66.4 Å². The van der Waals surface area contributed by atoms with Crippen molar-refractivity contribution in [2.45, 2.75) is 24.8 Å². The van der Waals surface area contributed by atoms with E-state index in [-0.39, 0.29) is 5.54 Å². The van der Waals surface area contributed by atoms with Crippen LogP contribution in [0.4, 0.5) is 0 Å². The molecule has 0 aromatic heterocycles.